The Balaban J connectivity index is 1.59. The number of aromatic nitrogens is 7. The predicted octanol–water partition coefficient (Wildman–Crippen LogP) is 2.45. The molecule has 0 amide bonds. The van der Waals surface area contributed by atoms with Crippen molar-refractivity contribution in [2.24, 2.45) is 7.05 Å². The highest BCUT2D eigenvalue weighted by Gasteiger charge is 2.18. The number of hydrogen-bond donors (Lipinski definition) is 0. The van der Waals surface area contributed by atoms with Crippen molar-refractivity contribution in [3.8, 4) is 17.3 Å². The van der Waals surface area contributed by atoms with Crippen LogP contribution in [0.15, 0.2) is 61.0 Å². The first-order valence-electron chi connectivity index (χ1n) is 8.46. The first-order chi connectivity index (χ1) is 13.3. The van der Waals surface area contributed by atoms with E-state index in [4.69, 9.17) is 4.74 Å². The first kappa shape index (κ1) is 15.4. The van der Waals surface area contributed by atoms with E-state index < -0.39 is 0 Å². The molecule has 1 aliphatic carbocycles. The summed E-state index contributed by atoms with van der Waals surface area (Å²) in [5, 5.41) is 17.3. The number of nitrogens with zero attached hydrogens (tertiary/aromatic N) is 7. The SMILES string of the molecule is Cn1ncnc1COc1nn2c(-c3ccccc3)nnc2cc1C1=CC=C1. The Hall–Kier alpha value is -3.81. The van der Waals surface area contributed by atoms with Crippen LogP contribution in [0.5, 0.6) is 5.88 Å². The molecule has 3 heterocycles. The smallest absolute Gasteiger partial charge is 0.240 e. The van der Waals surface area contributed by atoms with Crippen molar-refractivity contribution in [1.29, 1.82) is 0 Å². The van der Waals surface area contributed by atoms with Gasteiger partial charge in [-0.1, -0.05) is 48.6 Å². The van der Waals surface area contributed by atoms with Gasteiger partial charge in [0.15, 0.2) is 17.3 Å². The van der Waals surface area contributed by atoms with Gasteiger partial charge in [0.1, 0.15) is 12.9 Å². The molecule has 27 heavy (non-hydrogen) atoms. The summed E-state index contributed by atoms with van der Waals surface area (Å²) in [5.74, 6) is 1.88. The molecule has 1 aromatic carbocycles. The van der Waals surface area contributed by atoms with Gasteiger partial charge in [-0.25, -0.2) is 4.98 Å². The fourth-order valence-electron chi connectivity index (χ4n) is 2.85. The topological polar surface area (TPSA) is 83.0 Å². The Bertz CT molecular complexity index is 1190. The van der Waals surface area contributed by atoms with Gasteiger partial charge < -0.3 is 4.74 Å². The minimum Gasteiger partial charge on any atom is -0.468 e. The molecule has 0 fully saturated rings. The van der Waals surface area contributed by atoms with Crippen LogP contribution in [-0.4, -0.2) is 34.6 Å². The molecule has 0 unspecified atom stereocenters. The van der Waals surface area contributed by atoms with E-state index in [9.17, 15) is 0 Å². The average Bonchev–Trinajstić information content (AvgIpc) is 3.25. The lowest BCUT2D eigenvalue weighted by Crippen LogP contribution is -2.09. The molecule has 0 bridgehead atoms. The van der Waals surface area contributed by atoms with Crippen LogP contribution < -0.4 is 4.74 Å². The maximum absolute atomic E-state index is 6.00. The van der Waals surface area contributed by atoms with E-state index in [0.29, 0.717) is 23.2 Å². The Morgan fingerprint density at radius 3 is 2.67 bits per heavy atom. The Morgan fingerprint density at radius 1 is 1.11 bits per heavy atom. The Kier molecular flexibility index (Phi) is 3.53. The second-order valence-electron chi connectivity index (χ2n) is 6.09. The lowest BCUT2D eigenvalue weighted by Gasteiger charge is -2.14. The second kappa shape index (κ2) is 6.17. The zero-order chi connectivity index (χ0) is 18.2. The fraction of sp³-hybridized carbons (Fsp3) is 0.105. The molecule has 0 saturated heterocycles. The normalized spacial score (nSPS) is 12.9. The molecule has 8 heteroatoms. The molecule has 0 aliphatic heterocycles. The standard InChI is InChI=1S/C19H15N7O/c1-25-17(20-12-21-25)11-27-19-15(13-8-5-9-13)10-16-22-23-18(26(16)24-19)14-6-3-2-4-7-14/h2-10,12H,11H2,1H3. The Labute approximate surface area is 154 Å². The van der Waals surface area contributed by atoms with Gasteiger partial charge in [-0.2, -0.15) is 9.61 Å². The van der Waals surface area contributed by atoms with Crippen molar-refractivity contribution < 1.29 is 4.74 Å². The van der Waals surface area contributed by atoms with E-state index in [-0.39, 0.29) is 6.61 Å². The van der Waals surface area contributed by atoms with Crippen LogP contribution in [0.1, 0.15) is 11.4 Å². The maximum Gasteiger partial charge on any atom is 0.240 e. The van der Waals surface area contributed by atoms with Crippen molar-refractivity contribution in [3.05, 3.63) is 72.3 Å². The average molecular weight is 357 g/mol. The van der Waals surface area contributed by atoms with Gasteiger partial charge in [0.05, 0.1) is 0 Å². The van der Waals surface area contributed by atoms with E-state index in [1.165, 1.54) is 6.33 Å². The molecule has 3 aromatic heterocycles. The summed E-state index contributed by atoms with van der Waals surface area (Å²) in [7, 11) is 1.83. The number of rotatable bonds is 5. The van der Waals surface area contributed by atoms with Gasteiger partial charge in [-0.05, 0) is 11.6 Å². The highest BCUT2D eigenvalue weighted by Crippen LogP contribution is 2.31. The highest BCUT2D eigenvalue weighted by atomic mass is 16.5. The minimum absolute atomic E-state index is 0.266. The third-order valence-electron chi connectivity index (χ3n) is 4.40. The van der Waals surface area contributed by atoms with Gasteiger partial charge in [-0.15, -0.1) is 15.3 Å². The summed E-state index contributed by atoms with van der Waals surface area (Å²) in [6.45, 7) is 0.266. The van der Waals surface area contributed by atoms with Crippen LogP contribution in [0.25, 0.3) is 22.6 Å². The molecule has 1 aliphatic rings. The van der Waals surface area contributed by atoms with Crippen molar-refractivity contribution in [2.75, 3.05) is 0 Å². The number of aryl methyl sites for hydroxylation is 1. The van der Waals surface area contributed by atoms with E-state index in [0.717, 1.165) is 16.7 Å². The van der Waals surface area contributed by atoms with Gasteiger partial charge in [-0.3, -0.25) is 4.68 Å². The van der Waals surface area contributed by atoms with Crippen LogP contribution in [0.3, 0.4) is 0 Å². The van der Waals surface area contributed by atoms with Crippen LogP contribution in [0, 0.1) is 0 Å². The second-order valence-corrected chi connectivity index (χ2v) is 6.09. The summed E-state index contributed by atoms with van der Waals surface area (Å²) in [5.41, 5.74) is 3.52. The third kappa shape index (κ3) is 2.67. The lowest BCUT2D eigenvalue weighted by atomic mass is 10.0. The van der Waals surface area contributed by atoms with Crippen molar-refractivity contribution >= 4 is 11.2 Å². The monoisotopic (exact) mass is 357 g/mol. The number of benzene rings is 1. The van der Waals surface area contributed by atoms with Gasteiger partial charge in [0, 0.05) is 18.2 Å². The number of hydrogen-bond acceptors (Lipinski definition) is 6. The van der Waals surface area contributed by atoms with E-state index in [1.54, 1.807) is 9.20 Å². The van der Waals surface area contributed by atoms with Crippen LogP contribution in [0.4, 0.5) is 0 Å². The summed E-state index contributed by atoms with van der Waals surface area (Å²) in [6, 6.07) is 11.8. The van der Waals surface area contributed by atoms with Crippen LogP contribution in [-0.2, 0) is 13.7 Å². The van der Waals surface area contributed by atoms with Gasteiger partial charge in [0.25, 0.3) is 0 Å². The Morgan fingerprint density at radius 2 is 1.96 bits per heavy atom. The van der Waals surface area contributed by atoms with E-state index in [2.05, 4.69) is 25.4 Å². The van der Waals surface area contributed by atoms with Gasteiger partial charge in [0.2, 0.25) is 5.88 Å². The predicted molar refractivity (Wildman–Crippen MR) is 98.7 cm³/mol. The molecule has 0 atom stereocenters. The molecule has 0 saturated carbocycles. The molecule has 0 radical (unpaired) electrons. The molecule has 132 valence electrons. The van der Waals surface area contributed by atoms with Crippen molar-refractivity contribution in [3.63, 3.8) is 0 Å². The zero-order valence-electron chi connectivity index (χ0n) is 14.5. The quantitative estimate of drug-likeness (QED) is 0.546. The largest absolute Gasteiger partial charge is 0.468 e. The first-order valence-corrected chi connectivity index (χ1v) is 8.46. The summed E-state index contributed by atoms with van der Waals surface area (Å²) in [4.78, 5) is 4.20. The summed E-state index contributed by atoms with van der Waals surface area (Å²) in [6.07, 6.45) is 7.50. The third-order valence-corrected chi connectivity index (χ3v) is 4.40. The summed E-state index contributed by atoms with van der Waals surface area (Å²) >= 11 is 0. The highest BCUT2D eigenvalue weighted by molar-refractivity contribution is 5.84. The van der Waals surface area contributed by atoms with Crippen molar-refractivity contribution in [2.45, 2.75) is 6.61 Å². The fourth-order valence-corrected chi connectivity index (χ4v) is 2.85. The zero-order valence-corrected chi connectivity index (χ0v) is 14.5. The molecule has 0 N–H and O–H groups in total. The van der Waals surface area contributed by atoms with Gasteiger partial charge >= 0.3 is 0 Å². The summed E-state index contributed by atoms with van der Waals surface area (Å²) < 4.78 is 9.38. The number of allylic oxidation sites excluding steroid dienone is 4. The van der Waals surface area contributed by atoms with Crippen LogP contribution >= 0.6 is 0 Å². The van der Waals surface area contributed by atoms with E-state index >= 15 is 0 Å². The number of ether oxygens (including phenoxy) is 1. The molecular formula is C19H15N7O. The maximum atomic E-state index is 6.00. The minimum atomic E-state index is 0.266. The molecule has 0 spiro atoms. The van der Waals surface area contributed by atoms with Crippen molar-refractivity contribution in [1.82, 2.24) is 34.6 Å². The van der Waals surface area contributed by atoms with Crippen LogP contribution in [0.2, 0.25) is 0 Å². The molecule has 4 aromatic rings. The molecular weight excluding hydrogens is 342 g/mol. The molecule has 8 nitrogen and oxygen atoms in total. The number of fused-ring (bicyclic) bond motifs is 1. The molecule has 5 rings (SSSR count). The van der Waals surface area contributed by atoms with E-state index in [1.807, 2.05) is 61.7 Å². The lowest BCUT2D eigenvalue weighted by molar-refractivity contribution is 0.273.